The Morgan fingerprint density at radius 1 is 0.529 bits per heavy atom. The minimum Gasteiger partial charge on any atom is -0.458 e. The van der Waals surface area contributed by atoms with Crippen molar-refractivity contribution in [3.8, 4) is 23.0 Å². The lowest BCUT2D eigenvalue weighted by molar-refractivity contribution is 0.467. The van der Waals surface area contributed by atoms with Gasteiger partial charge >= 0.3 is 0 Å². The molecule has 158 valence electrons. The Morgan fingerprint density at radius 2 is 1.12 bits per heavy atom. The summed E-state index contributed by atoms with van der Waals surface area (Å²) in [6, 6.07) is 33.8. The zero-order valence-corrected chi connectivity index (χ0v) is 18.8. The Balaban J connectivity index is 1.56. The van der Waals surface area contributed by atoms with Gasteiger partial charge in [0.2, 0.25) is 0 Å². The second kappa shape index (κ2) is 6.56. The van der Waals surface area contributed by atoms with Crippen LogP contribution >= 0.6 is 11.6 Å². The highest BCUT2D eigenvalue weighted by molar-refractivity contribution is 6.98. The van der Waals surface area contributed by atoms with Gasteiger partial charge in [0, 0.05) is 15.9 Å². The molecule has 0 amide bonds. The van der Waals surface area contributed by atoms with Crippen molar-refractivity contribution in [1.29, 1.82) is 0 Å². The van der Waals surface area contributed by atoms with Gasteiger partial charge in [-0.25, -0.2) is 0 Å². The lowest BCUT2D eigenvalue weighted by Gasteiger charge is -2.33. The summed E-state index contributed by atoms with van der Waals surface area (Å²) >= 11 is 6.52. The van der Waals surface area contributed by atoms with Crippen molar-refractivity contribution >= 4 is 67.0 Å². The molecule has 0 bridgehead atoms. The van der Waals surface area contributed by atoms with Crippen molar-refractivity contribution in [1.82, 2.24) is 0 Å². The van der Waals surface area contributed by atoms with Crippen LogP contribution in [0.2, 0.25) is 5.02 Å². The summed E-state index contributed by atoms with van der Waals surface area (Å²) < 4.78 is 13.0. The average Bonchev–Trinajstić information content (AvgIpc) is 2.88. The number of hydrogen-bond donors (Lipinski definition) is 0. The standard InChI is InChI=1S/C30H16BClO2/c32-17-15-26-29-27(16-17)34-30-24(31(29)23-11-5-6-12-25(23)33-26)14-13-22-20-9-2-1-7-18(20)19-8-3-4-10-21(19)28(22)30/h1-16H. The first kappa shape index (κ1) is 18.5. The minimum atomic E-state index is 0.0191. The number of rotatable bonds is 0. The first-order chi connectivity index (χ1) is 16.8. The Morgan fingerprint density at radius 3 is 1.88 bits per heavy atom. The molecule has 0 aromatic heterocycles. The molecule has 0 saturated carbocycles. The van der Waals surface area contributed by atoms with E-state index < -0.39 is 0 Å². The van der Waals surface area contributed by atoms with Crippen LogP contribution in [0, 0.1) is 0 Å². The van der Waals surface area contributed by atoms with Gasteiger partial charge in [-0.1, -0.05) is 90.5 Å². The number of benzene rings is 6. The average molecular weight is 455 g/mol. The van der Waals surface area contributed by atoms with Crippen LogP contribution in [0.1, 0.15) is 0 Å². The van der Waals surface area contributed by atoms with Gasteiger partial charge in [-0.2, -0.15) is 0 Å². The highest BCUT2D eigenvalue weighted by atomic mass is 35.5. The first-order valence-electron chi connectivity index (χ1n) is 11.4. The van der Waals surface area contributed by atoms with Crippen LogP contribution in [-0.4, -0.2) is 6.71 Å². The maximum Gasteiger partial charge on any atom is 0.260 e. The van der Waals surface area contributed by atoms with Crippen LogP contribution in [0.5, 0.6) is 23.0 Å². The zero-order chi connectivity index (χ0) is 22.4. The molecule has 2 aliphatic rings. The number of halogens is 1. The fraction of sp³-hybridized carbons (Fsp3) is 0. The fourth-order valence-corrected chi connectivity index (χ4v) is 6.06. The zero-order valence-electron chi connectivity index (χ0n) is 18.0. The molecule has 0 N–H and O–H groups in total. The molecule has 4 heteroatoms. The Bertz CT molecular complexity index is 1810. The monoisotopic (exact) mass is 454 g/mol. The number of hydrogen-bond acceptors (Lipinski definition) is 2. The van der Waals surface area contributed by atoms with E-state index in [0.29, 0.717) is 5.02 Å². The van der Waals surface area contributed by atoms with Crippen LogP contribution in [0.25, 0.3) is 32.3 Å². The van der Waals surface area contributed by atoms with E-state index in [9.17, 15) is 0 Å². The van der Waals surface area contributed by atoms with Crippen molar-refractivity contribution in [3.63, 3.8) is 0 Å². The predicted molar refractivity (Wildman–Crippen MR) is 142 cm³/mol. The van der Waals surface area contributed by atoms with E-state index in [4.69, 9.17) is 21.1 Å². The number of fused-ring (bicyclic) bond motifs is 11. The molecule has 0 spiro atoms. The molecule has 2 nitrogen and oxygen atoms in total. The van der Waals surface area contributed by atoms with Gasteiger partial charge in [0.1, 0.15) is 23.0 Å². The third kappa shape index (κ3) is 2.32. The highest BCUT2D eigenvalue weighted by Crippen LogP contribution is 2.43. The largest absolute Gasteiger partial charge is 0.458 e. The number of ether oxygens (including phenoxy) is 2. The molecule has 2 heterocycles. The topological polar surface area (TPSA) is 18.5 Å². The van der Waals surface area contributed by atoms with Gasteiger partial charge in [-0.3, -0.25) is 0 Å². The van der Waals surface area contributed by atoms with Crippen molar-refractivity contribution in [3.05, 3.63) is 102 Å². The van der Waals surface area contributed by atoms with Gasteiger partial charge in [0.05, 0.1) is 0 Å². The molecule has 8 rings (SSSR count). The van der Waals surface area contributed by atoms with Crippen molar-refractivity contribution in [2.45, 2.75) is 0 Å². The molecule has 0 radical (unpaired) electrons. The van der Waals surface area contributed by atoms with Crippen LogP contribution in [0.15, 0.2) is 97.1 Å². The highest BCUT2D eigenvalue weighted by Gasteiger charge is 2.41. The van der Waals surface area contributed by atoms with E-state index in [2.05, 4.69) is 72.8 Å². The normalized spacial score (nSPS) is 13.3. The fourth-order valence-electron chi connectivity index (χ4n) is 5.86. The summed E-state index contributed by atoms with van der Waals surface area (Å²) in [5.74, 6) is 3.30. The second-order valence-electron chi connectivity index (χ2n) is 8.99. The maximum atomic E-state index is 6.73. The molecule has 0 saturated heterocycles. The van der Waals surface area contributed by atoms with Crippen LogP contribution in [0.4, 0.5) is 0 Å². The lowest BCUT2D eigenvalue weighted by Crippen LogP contribution is -2.57. The van der Waals surface area contributed by atoms with Crippen molar-refractivity contribution in [2.24, 2.45) is 0 Å². The smallest absolute Gasteiger partial charge is 0.260 e. The van der Waals surface area contributed by atoms with E-state index in [0.717, 1.165) is 44.8 Å². The van der Waals surface area contributed by atoms with E-state index >= 15 is 0 Å². The molecule has 0 fully saturated rings. The molecule has 2 aliphatic heterocycles. The molecule has 34 heavy (non-hydrogen) atoms. The lowest BCUT2D eigenvalue weighted by atomic mass is 9.34. The minimum absolute atomic E-state index is 0.0191. The summed E-state index contributed by atoms with van der Waals surface area (Å²) in [6.07, 6.45) is 0. The van der Waals surface area contributed by atoms with Gasteiger partial charge in [-0.05, 0) is 56.1 Å². The molecule has 0 atom stereocenters. The van der Waals surface area contributed by atoms with Gasteiger partial charge in [0.15, 0.2) is 0 Å². The Kier molecular flexibility index (Phi) is 3.56. The van der Waals surface area contributed by atoms with E-state index in [1.807, 2.05) is 24.3 Å². The van der Waals surface area contributed by atoms with Gasteiger partial charge in [0.25, 0.3) is 6.71 Å². The quantitative estimate of drug-likeness (QED) is 0.192. The summed E-state index contributed by atoms with van der Waals surface area (Å²) in [4.78, 5) is 0. The summed E-state index contributed by atoms with van der Waals surface area (Å²) in [7, 11) is 0. The summed E-state index contributed by atoms with van der Waals surface area (Å²) in [5.41, 5.74) is 3.34. The van der Waals surface area contributed by atoms with Crippen LogP contribution in [0.3, 0.4) is 0 Å². The molecular weight excluding hydrogens is 439 g/mol. The maximum absolute atomic E-state index is 6.73. The van der Waals surface area contributed by atoms with Crippen LogP contribution in [-0.2, 0) is 0 Å². The first-order valence-corrected chi connectivity index (χ1v) is 11.8. The third-order valence-electron chi connectivity index (χ3n) is 7.22. The molecule has 0 unspecified atom stereocenters. The predicted octanol–water partition coefficient (Wildman–Crippen LogP) is 6.53. The molecular formula is C30H16BClO2. The van der Waals surface area contributed by atoms with E-state index in [-0.39, 0.29) is 6.71 Å². The van der Waals surface area contributed by atoms with E-state index in [1.165, 1.54) is 26.9 Å². The van der Waals surface area contributed by atoms with Gasteiger partial charge in [-0.15, -0.1) is 0 Å². The molecule has 6 aromatic carbocycles. The SMILES string of the molecule is Clc1cc2c3c(c1)Oc1c(ccc4c5ccccc5c5ccccc5c14)B3c1ccccc1O2. The Labute approximate surface area is 201 Å². The number of para-hydroxylation sites is 1. The summed E-state index contributed by atoms with van der Waals surface area (Å²) in [5, 5.41) is 7.84. The molecule has 0 aliphatic carbocycles. The Hall–Kier alpha value is -3.95. The van der Waals surface area contributed by atoms with Crippen molar-refractivity contribution < 1.29 is 9.47 Å². The van der Waals surface area contributed by atoms with Crippen LogP contribution < -0.4 is 25.9 Å². The van der Waals surface area contributed by atoms with Gasteiger partial charge < -0.3 is 9.47 Å². The second-order valence-corrected chi connectivity index (χ2v) is 9.42. The van der Waals surface area contributed by atoms with Crippen molar-refractivity contribution in [2.75, 3.05) is 0 Å². The summed E-state index contributed by atoms with van der Waals surface area (Å²) in [6.45, 7) is 0.0191. The third-order valence-corrected chi connectivity index (χ3v) is 7.44. The molecule has 6 aromatic rings. The van der Waals surface area contributed by atoms with E-state index in [1.54, 1.807) is 0 Å².